The van der Waals surface area contributed by atoms with Crippen LogP contribution in [0.4, 0.5) is 13.2 Å². The van der Waals surface area contributed by atoms with E-state index in [-0.39, 0.29) is 0 Å². The Morgan fingerprint density at radius 2 is 2.00 bits per heavy atom. The van der Waals surface area contributed by atoms with Crippen molar-refractivity contribution in [2.24, 2.45) is 5.14 Å². The van der Waals surface area contributed by atoms with E-state index in [4.69, 9.17) is 0 Å². The van der Waals surface area contributed by atoms with Gasteiger partial charge in [-0.1, -0.05) is 0 Å². The topological polar surface area (TPSA) is 112 Å². The quantitative estimate of drug-likeness (QED) is 0.829. The molecule has 0 aliphatic carbocycles. The van der Waals surface area contributed by atoms with Crippen LogP contribution in [0, 0.1) is 0 Å². The minimum Gasteiger partial charge on any atom is -0.502 e. The molecule has 0 spiro atoms. The molecule has 1 heterocycles. The van der Waals surface area contributed by atoms with Gasteiger partial charge in [0.15, 0.2) is 5.75 Å². The molecule has 0 bridgehead atoms. The summed E-state index contributed by atoms with van der Waals surface area (Å²) in [6.45, 7) is 0. The molecule has 0 aliphatic rings. The molecule has 0 saturated heterocycles. The Bertz CT molecular complexity index is 557. The van der Waals surface area contributed by atoms with E-state index in [1.165, 1.54) is 0 Å². The number of primary sulfonamides is 1. The Hall–Kier alpha value is -1.75. The van der Waals surface area contributed by atoms with Crippen LogP contribution in [0.25, 0.3) is 0 Å². The Morgan fingerprint density at radius 3 is 2.39 bits per heavy atom. The zero-order valence-corrected chi connectivity index (χ0v) is 9.54. The summed E-state index contributed by atoms with van der Waals surface area (Å²) in [4.78, 5) is 3.18. The summed E-state index contributed by atoms with van der Waals surface area (Å²) in [5.74, 6) is -3.21. The number of aromatic nitrogens is 1. The molecule has 3 N–H and O–H groups in total. The van der Waals surface area contributed by atoms with Crippen molar-refractivity contribution in [3.8, 4) is 17.2 Å². The summed E-state index contributed by atoms with van der Waals surface area (Å²) in [6.07, 6.45) is -4.53. The van der Waals surface area contributed by atoms with Gasteiger partial charge in [0.05, 0.1) is 13.3 Å². The summed E-state index contributed by atoms with van der Waals surface area (Å²) in [5, 5.41) is 12.9. The van der Waals surface area contributed by atoms with Crippen LogP contribution in [0.5, 0.6) is 17.2 Å². The van der Waals surface area contributed by atoms with Crippen molar-refractivity contribution in [1.29, 1.82) is 0 Å². The molecule has 0 amide bonds. The number of ether oxygens (including phenoxy) is 2. The van der Waals surface area contributed by atoms with Crippen LogP contribution in [0.1, 0.15) is 0 Å². The number of hydrogen-bond donors (Lipinski definition) is 2. The normalized spacial score (nSPS) is 12.3. The molecule has 1 aromatic heterocycles. The summed E-state index contributed by atoms with van der Waals surface area (Å²) >= 11 is 0. The fourth-order valence-electron chi connectivity index (χ4n) is 1.02. The first-order valence-corrected chi connectivity index (χ1v) is 5.65. The molecular weight excluding hydrogens is 281 g/mol. The number of sulfonamides is 1. The van der Waals surface area contributed by atoms with Gasteiger partial charge in [-0.05, 0) is 0 Å². The Labute approximate surface area is 99.0 Å². The first-order chi connectivity index (χ1) is 8.06. The van der Waals surface area contributed by atoms with Crippen molar-refractivity contribution < 1.29 is 36.2 Å². The second-order valence-corrected chi connectivity index (χ2v) is 4.38. The number of aromatic hydroxyl groups is 1. The van der Waals surface area contributed by atoms with Crippen LogP contribution in [0.3, 0.4) is 0 Å². The summed E-state index contributed by atoms with van der Waals surface area (Å²) in [5.41, 5.74) is 0. The number of halogens is 3. The average molecular weight is 288 g/mol. The smallest absolute Gasteiger partial charge is 0.502 e. The maximum atomic E-state index is 12.1. The van der Waals surface area contributed by atoms with E-state index < -0.39 is 38.7 Å². The molecule has 1 rings (SSSR count). The van der Waals surface area contributed by atoms with Gasteiger partial charge < -0.3 is 14.6 Å². The van der Waals surface area contributed by atoms with Crippen molar-refractivity contribution >= 4 is 10.0 Å². The second-order valence-electron chi connectivity index (χ2n) is 2.90. The van der Waals surface area contributed by atoms with Gasteiger partial charge in [0.25, 0.3) is 10.0 Å². The highest BCUT2D eigenvalue weighted by Crippen LogP contribution is 2.41. The van der Waals surface area contributed by atoms with Crippen LogP contribution in [0.2, 0.25) is 0 Å². The third kappa shape index (κ3) is 3.13. The van der Waals surface area contributed by atoms with E-state index in [0.717, 1.165) is 7.11 Å². The fourth-order valence-corrected chi connectivity index (χ4v) is 1.58. The number of hydrogen-bond acceptors (Lipinski definition) is 6. The monoisotopic (exact) mass is 288 g/mol. The minimum absolute atomic E-state index is 0.600. The minimum atomic E-state index is -5.15. The van der Waals surface area contributed by atoms with Gasteiger partial charge in [-0.2, -0.15) is 0 Å². The largest absolute Gasteiger partial charge is 0.573 e. The van der Waals surface area contributed by atoms with E-state index >= 15 is 0 Å². The van der Waals surface area contributed by atoms with Crippen LogP contribution in [-0.4, -0.2) is 32.0 Å². The first kappa shape index (κ1) is 14.3. The zero-order chi connectivity index (χ0) is 14.1. The standard InChI is InChI=1S/C7H7F3N2O5S/c1-16-3-2-12-6(18(11,14)15)4(13)5(3)17-7(8,9)10/h2,13H,1H3,(H2,11,14,15). The Balaban J connectivity index is 3.46. The van der Waals surface area contributed by atoms with Gasteiger partial charge in [-0.3, -0.25) is 0 Å². The molecule has 1 aromatic rings. The van der Waals surface area contributed by atoms with Crippen molar-refractivity contribution in [1.82, 2.24) is 4.98 Å². The lowest BCUT2D eigenvalue weighted by Gasteiger charge is -2.14. The molecule has 0 atom stereocenters. The van der Waals surface area contributed by atoms with Crippen LogP contribution < -0.4 is 14.6 Å². The van der Waals surface area contributed by atoms with E-state index in [0.29, 0.717) is 6.20 Å². The van der Waals surface area contributed by atoms with E-state index in [2.05, 4.69) is 19.6 Å². The number of methoxy groups -OCH3 is 1. The lowest BCUT2D eigenvalue weighted by molar-refractivity contribution is -0.275. The summed E-state index contributed by atoms with van der Waals surface area (Å²) < 4.78 is 66.0. The molecule has 0 aromatic carbocycles. The molecule has 0 fully saturated rings. The van der Waals surface area contributed by atoms with Gasteiger partial charge in [0, 0.05) is 0 Å². The Kier molecular flexibility index (Phi) is 3.57. The molecule has 0 aliphatic heterocycles. The first-order valence-electron chi connectivity index (χ1n) is 4.10. The molecule has 11 heteroatoms. The fraction of sp³-hybridized carbons (Fsp3) is 0.286. The predicted octanol–water partition coefficient (Wildman–Crippen LogP) is 0.342. The lowest BCUT2D eigenvalue weighted by atomic mass is 10.4. The van der Waals surface area contributed by atoms with E-state index in [9.17, 15) is 26.7 Å². The molecular formula is C7H7F3N2O5S. The van der Waals surface area contributed by atoms with Gasteiger partial charge in [-0.25, -0.2) is 18.5 Å². The summed E-state index contributed by atoms with van der Waals surface area (Å²) in [7, 11) is -3.52. The highest BCUT2D eigenvalue weighted by Gasteiger charge is 2.36. The van der Waals surface area contributed by atoms with Gasteiger partial charge in [-0.15, -0.1) is 13.2 Å². The molecule has 102 valence electrons. The maximum absolute atomic E-state index is 12.1. The molecule has 18 heavy (non-hydrogen) atoms. The van der Waals surface area contributed by atoms with E-state index in [1.807, 2.05) is 0 Å². The number of nitrogens with two attached hydrogens (primary N) is 1. The van der Waals surface area contributed by atoms with Gasteiger partial charge in [0.2, 0.25) is 16.5 Å². The third-order valence-corrected chi connectivity index (χ3v) is 2.49. The highest BCUT2D eigenvalue weighted by molar-refractivity contribution is 7.89. The van der Waals surface area contributed by atoms with Crippen LogP contribution >= 0.6 is 0 Å². The second kappa shape index (κ2) is 4.49. The van der Waals surface area contributed by atoms with Crippen LogP contribution in [0.15, 0.2) is 11.2 Å². The predicted molar refractivity (Wildman–Crippen MR) is 50.5 cm³/mol. The molecule has 7 nitrogen and oxygen atoms in total. The molecule has 0 saturated carbocycles. The highest BCUT2D eigenvalue weighted by atomic mass is 32.2. The van der Waals surface area contributed by atoms with Crippen molar-refractivity contribution in [2.75, 3.05) is 7.11 Å². The van der Waals surface area contributed by atoms with Crippen molar-refractivity contribution in [3.05, 3.63) is 6.20 Å². The number of alkyl halides is 3. The average Bonchev–Trinajstić information content (AvgIpc) is 2.17. The number of pyridine rings is 1. The molecule has 0 radical (unpaired) electrons. The third-order valence-electron chi connectivity index (χ3n) is 1.65. The maximum Gasteiger partial charge on any atom is 0.573 e. The van der Waals surface area contributed by atoms with Crippen molar-refractivity contribution in [3.63, 3.8) is 0 Å². The van der Waals surface area contributed by atoms with Gasteiger partial charge in [0.1, 0.15) is 0 Å². The SMILES string of the molecule is COc1cnc(S(N)(=O)=O)c(O)c1OC(F)(F)F. The summed E-state index contributed by atoms with van der Waals surface area (Å²) in [6, 6.07) is 0. The number of rotatable bonds is 3. The van der Waals surface area contributed by atoms with Crippen LogP contribution in [-0.2, 0) is 10.0 Å². The molecule has 0 unspecified atom stereocenters. The zero-order valence-electron chi connectivity index (χ0n) is 8.72. The van der Waals surface area contributed by atoms with Gasteiger partial charge >= 0.3 is 6.36 Å². The lowest BCUT2D eigenvalue weighted by Crippen LogP contribution is -2.19. The van der Waals surface area contributed by atoms with E-state index in [1.54, 1.807) is 0 Å². The number of nitrogens with zero attached hydrogens (tertiary/aromatic N) is 1. The van der Waals surface area contributed by atoms with Crippen molar-refractivity contribution in [2.45, 2.75) is 11.4 Å². The Morgan fingerprint density at radius 1 is 1.44 bits per heavy atom.